The molecule has 3 aliphatic carbocycles. The fraction of sp³-hybridized carbons (Fsp3) is 0.280. The van der Waals surface area contributed by atoms with Gasteiger partial charge >= 0.3 is 0 Å². The second kappa shape index (κ2) is 7.59. The maximum Gasteiger partial charge on any atom is 0.281 e. The Morgan fingerprint density at radius 3 is 2.74 bits per heavy atom. The summed E-state index contributed by atoms with van der Waals surface area (Å²) in [6.45, 7) is 3.49. The van der Waals surface area contributed by atoms with E-state index in [1.54, 1.807) is 47.1 Å². The summed E-state index contributed by atoms with van der Waals surface area (Å²) in [7, 11) is 3.37. The van der Waals surface area contributed by atoms with Crippen LogP contribution in [0, 0.1) is 5.92 Å². The van der Waals surface area contributed by atoms with E-state index in [0.29, 0.717) is 39.7 Å². The fourth-order valence-electron chi connectivity index (χ4n) is 5.26. The first-order valence-corrected chi connectivity index (χ1v) is 11.4. The molecule has 0 unspecified atom stereocenters. The number of amides is 1. The average molecular weight is 472 g/mol. The number of hydrogen-bond donors (Lipinski definition) is 2. The van der Waals surface area contributed by atoms with Gasteiger partial charge in [-0.1, -0.05) is 12.6 Å². The third kappa shape index (κ3) is 3.24. The number of aromatic nitrogens is 5. The van der Waals surface area contributed by atoms with Gasteiger partial charge in [0.2, 0.25) is 5.91 Å². The standard InChI is InChI=1S/C25H25N7O3/c1-4-20(33)27-16-6-5-7-17(8-16)31-13-18(28-19-12-30(2)29-23(19)35-3)21-22(24(31)34)32(14-26-21)25-9-15(10-25)11-25/h4-8,12-15,28H,1,9-11H2,2-3H3,(H,27,33). The van der Waals surface area contributed by atoms with Crippen molar-refractivity contribution in [3.05, 3.63) is 66.0 Å². The Morgan fingerprint density at radius 2 is 2.06 bits per heavy atom. The Kier molecular flexibility index (Phi) is 4.60. The van der Waals surface area contributed by atoms with E-state index in [0.717, 1.165) is 25.2 Å². The highest BCUT2D eigenvalue weighted by molar-refractivity contribution is 5.99. The number of hydrogen-bond acceptors (Lipinski definition) is 6. The third-order valence-electron chi connectivity index (χ3n) is 7.05. The van der Waals surface area contributed by atoms with Gasteiger partial charge in [0.1, 0.15) is 16.7 Å². The molecule has 7 rings (SSSR count). The summed E-state index contributed by atoms with van der Waals surface area (Å²) in [5, 5.41) is 10.4. The minimum atomic E-state index is -0.322. The Labute approximate surface area is 200 Å². The molecule has 0 atom stereocenters. The maximum atomic E-state index is 13.9. The van der Waals surface area contributed by atoms with Gasteiger partial charge in [-0.05, 0) is 49.5 Å². The highest BCUT2D eigenvalue weighted by atomic mass is 16.5. The molecule has 3 fully saturated rings. The number of pyridine rings is 1. The molecule has 1 amide bonds. The molecular weight excluding hydrogens is 446 g/mol. The van der Waals surface area contributed by atoms with Crippen LogP contribution in [0.4, 0.5) is 17.1 Å². The minimum absolute atomic E-state index is 0.0131. The van der Waals surface area contributed by atoms with Gasteiger partial charge in [-0.15, -0.1) is 5.10 Å². The summed E-state index contributed by atoms with van der Waals surface area (Å²) >= 11 is 0. The number of benzene rings is 1. The quantitative estimate of drug-likeness (QED) is 0.401. The van der Waals surface area contributed by atoms with E-state index < -0.39 is 0 Å². The summed E-state index contributed by atoms with van der Waals surface area (Å²) in [6, 6.07) is 7.14. The number of imidazole rings is 1. The zero-order chi connectivity index (χ0) is 24.3. The minimum Gasteiger partial charge on any atom is -0.478 e. The molecule has 35 heavy (non-hydrogen) atoms. The third-order valence-corrected chi connectivity index (χ3v) is 7.05. The summed E-state index contributed by atoms with van der Waals surface area (Å²) in [6.07, 6.45) is 9.77. The van der Waals surface area contributed by atoms with E-state index in [9.17, 15) is 9.59 Å². The summed E-state index contributed by atoms with van der Waals surface area (Å²) < 4.78 is 10.7. The zero-order valence-electron chi connectivity index (χ0n) is 19.5. The first kappa shape index (κ1) is 21.2. The van der Waals surface area contributed by atoms with Crippen molar-refractivity contribution >= 4 is 34.0 Å². The molecule has 178 valence electrons. The van der Waals surface area contributed by atoms with Crippen molar-refractivity contribution in [1.82, 2.24) is 23.9 Å². The van der Waals surface area contributed by atoms with Gasteiger partial charge in [0.15, 0.2) is 0 Å². The van der Waals surface area contributed by atoms with E-state index in [4.69, 9.17) is 4.74 Å². The molecule has 0 aliphatic heterocycles. The van der Waals surface area contributed by atoms with Gasteiger partial charge in [0.05, 0.1) is 31.0 Å². The van der Waals surface area contributed by atoms with Crippen LogP contribution in [0.5, 0.6) is 5.88 Å². The van der Waals surface area contributed by atoms with E-state index in [1.807, 2.05) is 19.3 Å². The number of aryl methyl sites for hydroxylation is 1. The van der Waals surface area contributed by atoms with Crippen molar-refractivity contribution in [2.75, 3.05) is 17.7 Å². The van der Waals surface area contributed by atoms with Gasteiger partial charge in [-0.2, -0.15) is 0 Å². The molecule has 4 aromatic rings. The lowest BCUT2D eigenvalue weighted by Crippen LogP contribution is -2.59. The molecule has 0 spiro atoms. The smallest absolute Gasteiger partial charge is 0.281 e. The molecule has 1 aromatic carbocycles. The monoisotopic (exact) mass is 471 g/mol. The number of ether oxygens (including phenoxy) is 1. The largest absolute Gasteiger partial charge is 0.478 e. The lowest BCUT2D eigenvalue weighted by atomic mass is 9.49. The second-order valence-electron chi connectivity index (χ2n) is 9.33. The number of fused-ring (bicyclic) bond motifs is 1. The Bertz CT molecular complexity index is 1540. The Balaban J connectivity index is 1.53. The van der Waals surface area contributed by atoms with Crippen molar-refractivity contribution in [1.29, 1.82) is 0 Å². The van der Waals surface area contributed by atoms with Crippen LogP contribution in [0.3, 0.4) is 0 Å². The highest BCUT2D eigenvalue weighted by Crippen LogP contribution is 2.62. The lowest BCUT2D eigenvalue weighted by Gasteiger charge is -2.62. The van der Waals surface area contributed by atoms with Crippen LogP contribution < -0.4 is 20.9 Å². The second-order valence-corrected chi connectivity index (χ2v) is 9.33. The van der Waals surface area contributed by atoms with E-state index in [2.05, 4.69) is 31.9 Å². The Morgan fingerprint density at radius 1 is 1.26 bits per heavy atom. The van der Waals surface area contributed by atoms with Gasteiger partial charge in [0.25, 0.3) is 11.4 Å². The number of rotatable bonds is 7. The molecule has 3 heterocycles. The summed E-state index contributed by atoms with van der Waals surface area (Å²) in [4.78, 5) is 30.3. The van der Waals surface area contributed by atoms with Crippen molar-refractivity contribution in [2.24, 2.45) is 13.0 Å². The van der Waals surface area contributed by atoms with Crippen LogP contribution in [-0.2, 0) is 17.4 Å². The SMILES string of the molecule is C=CC(=O)Nc1cccc(-n2cc(Nc3cn(C)nc3OC)c3ncn(C45CC(C4)C5)c3c2=O)c1. The molecule has 3 aromatic heterocycles. The maximum absolute atomic E-state index is 13.9. The molecule has 3 aliphatic rings. The molecule has 10 nitrogen and oxygen atoms in total. The highest BCUT2D eigenvalue weighted by Gasteiger charge is 2.58. The van der Waals surface area contributed by atoms with Gasteiger partial charge < -0.3 is 19.9 Å². The molecule has 2 bridgehead atoms. The topological polar surface area (TPSA) is 108 Å². The predicted molar refractivity (Wildman–Crippen MR) is 133 cm³/mol. The van der Waals surface area contributed by atoms with Crippen molar-refractivity contribution < 1.29 is 9.53 Å². The lowest BCUT2D eigenvalue weighted by molar-refractivity contribution is -0.111. The van der Waals surface area contributed by atoms with E-state index in [-0.39, 0.29) is 17.0 Å². The van der Waals surface area contributed by atoms with Crippen molar-refractivity contribution in [3.63, 3.8) is 0 Å². The molecule has 2 N–H and O–H groups in total. The van der Waals surface area contributed by atoms with Crippen LogP contribution in [0.2, 0.25) is 0 Å². The first-order chi connectivity index (χ1) is 16.9. The summed E-state index contributed by atoms with van der Waals surface area (Å²) in [5.74, 6) is 0.866. The molecular formula is C25H25N7O3. The number of nitrogens with one attached hydrogen (secondary N) is 2. The predicted octanol–water partition coefficient (Wildman–Crippen LogP) is 3.31. The number of methoxy groups -OCH3 is 1. The molecule has 10 heteroatoms. The number of anilines is 3. The zero-order valence-corrected chi connectivity index (χ0v) is 19.5. The number of nitrogens with zero attached hydrogens (tertiary/aromatic N) is 5. The van der Waals surface area contributed by atoms with E-state index in [1.165, 1.54) is 6.08 Å². The van der Waals surface area contributed by atoms with Crippen LogP contribution in [0.1, 0.15) is 19.3 Å². The van der Waals surface area contributed by atoms with Gasteiger partial charge in [-0.25, -0.2) is 4.98 Å². The summed E-state index contributed by atoms with van der Waals surface area (Å²) in [5.41, 5.74) is 3.46. The molecule has 0 saturated heterocycles. The average Bonchev–Trinajstić information content (AvgIpc) is 3.37. The Hall–Kier alpha value is -4.34. The van der Waals surface area contributed by atoms with Crippen LogP contribution in [-0.4, -0.2) is 36.9 Å². The van der Waals surface area contributed by atoms with Gasteiger partial charge in [0, 0.05) is 24.5 Å². The number of carbonyl (C=O) groups excluding carboxylic acids is 1. The normalized spacial score (nSPS) is 20.1. The van der Waals surface area contributed by atoms with E-state index >= 15 is 0 Å². The molecule has 3 saturated carbocycles. The van der Waals surface area contributed by atoms with Crippen LogP contribution in [0.25, 0.3) is 16.7 Å². The van der Waals surface area contributed by atoms with Gasteiger partial charge in [-0.3, -0.25) is 18.8 Å². The fourth-order valence-corrected chi connectivity index (χ4v) is 5.26. The van der Waals surface area contributed by atoms with Crippen LogP contribution >= 0.6 is 0 Å². The van der Waals surface area contributed by atoms with Crippen molar-refractivity contribution in [2.45, 2.75) is 24.8 Å². The first-order valence-electron chi connectivity index (χ1n) is 11.4. The van der Waals surface area contributed by atoms with Crippen LogP contribution in [0.15, 0.2) is 60.4 Å². The molecule has 0 radical (unpaired) electrons. The number of carbonyl (C=O) groups is 1. The van der Waals surface area contributed by atoms with Crippen molar-refractivity contribution in [3.8, 4) is 11.6 Å².